The van der Waals surface area contributed by atoms with E-state index in [0.29, 0.717) is 5.92 Å². The first-order chi connectivity index (χ1) is 9.60. The van der Waals surface area contributed by atoms with Crippen LogP contribution in [0, 0.1) is 5.92 Å². The quantitative estimate of drug-likeness (QED) is 0.745. The van der Waals surface area contributed by atoms with E-state index in [9.17, 15) is 0 Å². The molecule has 0 saturated carbocycles. The zero-order valence-electron chi connectivity index (χ0n) is 13.6. The molecule has 0 radical (unpaired) electrons. The van der Waals surface area contributed by atoms with Crippen LogP contribution in [0.5, 0.6) is 0 Å². The first-order valence-corrected chi connectivity index (χ1v) is 8.53. The predicted molar refractivity (Wildman–Crippen MR) is 91.7 cm³/mol. The smallest absolute Gasteiger partial charge is 0.185 e. The molecule has 0 unspecified atom stereocenters. The van der Waals surface area contributed by atoms with Gasteiger partial charge in [0.1, 0.15) is 0 Å². The van der Waals surface area contributed by atoms with Crippen molar-refractivity contribution < 1.29 is 0 Å². The van der Waals surface area contributed by atoms with Crippen LogP contribution in [-0.2, 0) is 0 Å². The third-order valence-corrected chi connectivity index (χ3v) is 4.26. The first kappa shape index (κ1) is 17.2. The monoisotopic (exact) mass is 295 g/mol. The maximum Gasteiger partial charge on any atom is 0.185 e. The van der Waals surface area contributed by atoms with E-state index in [1.165, 1.54) is 10.5 Å². The Morgan fingerprint density at radius 2 is 2.05 bits per heavy atom. The number of aromatic nitrogens is 1. The summed E-state index contributed by atoms with van der Waals surface area (Å²) in [6.07, 6.45) is 5.37. The predicted octanol–water partition coefficient (Wildman–Crippen LogP) is 4.03. The number of rotatable bonds is 9. The molecule has 0 atom stereocenters. The van der Waals surface area contributed by atoms with Gasteiger partial charge in [-0.05, 0) is 38.8 Å². The second-order valence-corrected chi connectivity index (χ2v) is 6.44. The van der Waals surface area contributed by atoms with Crippen LogP contribution in [0.15, 0.2) is 11.8 Å². The fourth-order valence-electron chi connectivity index (χ4n) is 1.98. The molecule has 3 nitrogen and oxygen atoms in total. The Morgan fingerprint density at radius 3 is 2.60 bits per heavy atom. The Kier molecular flexibility index (Phi) is 7.85. The summed E-state index contributed by atoms with van der Waals surface area (Å²) in [5, 5.41) is 4.64. The van der Waals surface area contributed by atoms with Gasteiger partial charge in [-0.15, -0.1) is 0 Å². The zero-order valence-corrected chi connectivity index (χ0v) is 14.4. The highest BCUT2D eigenvalue weighted by Gasteiger charge is 2.07. The van der Waals surface area contributed by atoms with Gasteiger partial charge >= 0.3 is 0 Å². The van der Waals surface area contributed by atoms with E-state index in [0.717, 1.165) is 37.7 Å². The SMILES string of the molecule is CCC(=Cc1cnc(N(CC)CC)s1)CNCC(C)C. The number of thiazole rings is 1. The van der Waals surface area contributed by atoms with Crippen molar-refractivity contribution in [1.82, 2.24) is 10.3 Å². The molecule has 1 aromatic heterocycles. The summed E-state index contributed by atoms with van der Waals surface area (Å²) in [6.45, 7) is 15.1. The van der Waals surface area contributed by atoms with Crippen LogP contribution in [0.3, 0.4) is 0 Å². The molecule has 0 spiro atoms. The molecule has 0 saturated heterocycles. The average molecular weight is 295 g/mol. The molecular formula is C16H29N3S. The highest BCUT2D eigenvalue weighted by molar-refractivity contribution is 7.16. The molecule has 0 aliphatic rings. The van der Waals surface area contributed by atoms with Gasteiger partial charge in [0.05, 0.1) is 0 Å². The van der Waals surface area contributed by atoms with E-state index in [4.69, 9.17) is 0 Å². The van der Waals surface area contributed by atoms with Crippen molar-refractivity contribution in [2.75, 3.05) is 31.1 Å². The Morgan fingerprint density at radius 1 is 1.35 bits per heavy atom. The minimum atomic E-state index is 0.700. The maximum atomic E-state index is 4.53. The molecular weight excluding hydrogens is 266 g/mol. The van der Waals surface area contributed by atoms with Gasteiger partial charge in [-0.25, -0.2) is 4.98 Å². The second-order valence-electron chi connectivity index (χ2n) is 5.40. The van der Waals surface area contributed by atoms with Crippen LogP contribution in [-0.4, -0.2) is 31.2 Å². The van der Waals surface area contributed by atoms with Gasteiger partial charge in [0.2, 0.25) is 0 Å². The van der Waals surface area contributed by atoms with Crippen molar-refractivity contribution in [2.24, 2.45) is 5.92 Å². The second kappa shape index (κ2) is 9.14. The summed E-state index contributed by atoms with van der Waals surface area (Å²) < 4.78 is 0. The van der Waals surface area contributed by atoms with E-state index in [-0.39, 0.29) is 0 Å². The molecule has 1 aromatic rings. The summed E-state index contributed by atoms with van der Waals surface area (Å²) in [5.41, 5.74) is 1.44. The van der Waals surface area contributed by atoms with Gasteiger partial charge in [0.25, 0.3) is 0 Å². The largest absolute Gasteiger partial charge is 0.349 e. The minimum Gasteiger partial charge on any atom is -0.349 e. The van der Waals surface area contributed by atoms with Gasteiger partial charge < -0.3 is 10.2 Å². The lowest BCUT2D eigenvalue weighted by molar-refractivity contribution is 0.569. The molecule has 0 fully saturated rings. The van der Waals surface area contributed by atoms with Gasteiger partial charge in [-0.2, -0.15) is 0 Å². The number of hydrogen-bond acceptors (Lipinski definition) is 4. The van der Waals surface area contributed by atoms with Crippen molar-refractivity contribution in [1.29, 1.82) is 0 Å². The van der Waals surface area contributed by atoms with E-state index >= 15 is 0 Å². The Hall–Kier alpha value is -0.870. The molecule has 1 heterocycles. The van der Waals surface area contributed by atoms with Crippen LogP contribution in [0.2, 0.25) is 0 Å². The third kappa shape index (κ3) is 5.63. The summed E-state index contributed by atoms with van der Waals surface area (Å²) in [4.78, 5) is 8.09. The standard InChI is InChI=1S/C16H29N3S/c1-6-14(11-17-10-13(4)5)9-15-12-18-16(20-15)19(7-2)8-3/h9,12-13,17H,6-8,10-11H2,1-5H3. The highest BCUT2D eigenvalue weighted by Crippen LogP contribution is 2.24. The molecule has 1 N–H and O–H groups in total. The van der Waals surface area contributed by atoms with Crippen LogP contribution < -0.4 is 10.2 Å². The van der Waals surface area contributed by atoms with Gasteiger partial charge in [-0.1, -0.05) is 37.7 Å². The van der Waals surface area contributed by atoms with Crippen molar-refractivity contribution in [3.63, 3.8) is 0 Å². The number of hydrogen-bond donors (Lipinski definition) is 1. The molecule has 0 aromatic carbocycles. The van der Waals surface area contributed by atoms with Crippen molar-refractivity contribution >= 4 is 22.5 Å². The van der Waals surface area contributed by atoms with Gasteiger partial charge in [0, 0.05) is 30.7 Å². The minimum absolute atomic E-state index is 0.700. The summed E-state index contributed by atoms with van der Waals surface area (Å²) in [6, 6.07) is 0. The first-order valence-electron chi connectivity index (χ1n) is 7.71. The molecule has 0 amide bonds. The molecule has 1 rings (SSSR count). The normalized spacial score (nSPS) is 12.2. The maximum absolute atomic E-state index is 4.53. The number of anilines is 1. The van der Waals surface area contributed by atoms with E-state index < -0.39 is 0 Å². The van der Waals surface area contributed by atoms with E-state index in [1.54, 1.807) is 11.3 Å². The molecule has 0 aliphatic carbocycles. The Bertz CT molecular complexity index is 406. The number of nitrogens with one attached hydrogen (secondary N) is 1. The zero-order chi connectivity index (χ0) is 15.0. The van der Waals surface area contributed by atoms with Crippen LogP contribution in [0.25, 0.3) is 6.08 Å². The van der Waals surface area contributed by atoms with Crippen molar-refractivity contribution in [3.05, 3.63) is 16.6 Å². The average Bonchev–Trinajstić information content (AvgIpc) is 2.87. The topological polar surface area (TPSA) is 28.2 Å². The highest BCUT2D eigenvalue weighted by atomic mass is 32.1. The fraction of sp³-hybridized carbons (Fsp3) is 0.688. The lowest BCUT2D eigenvalue weighted by atomic mass is 10.1. The third-order valence-electron chi connectivity index (χ3n) is 3.25. The summed E-state index contributed by atoms with van der Waals surface area (Å²) in [5.74, 6) is 0.700. The van der Waals surface area contributed by atoms with Gasteiger partial charge in [0.15, 0.2) is 5.13 Å². The Balaban J connectivity index is 2.65. The van der Waals surface area contributed by atoms with E-state index in [2.05, 4.69) is 55.9 Å². The van der Waals surface area contributed by atoms with Crippen LogP contribution in [0.1, 0.15) is 45.9 Å². The number of nitrogens with zero attached hydrogens (tertiary/aromatic N) is 2. The molecule has 114 valence electrons. The Labute approximate surface area is 128 Å². The van der Waals surface area contributed by atoms with E-state index in [1.807, 2.05) is 6.20 Å². The van der Waals surface area contributed by atoms with Crippen molar-refractivity contribution in [2.45, 2.75) is 41.0 Å². The molecule has 0 aliphatic heterocycles. The molecule has 0 bridgehead atoms. The summed E-state index contributed by atoms with van der Waals surface area (Å²) in [7, 11) is 0. The molecule has 4 heteroatoms. The molecule has 20 heavy (non-hydrogen) atoms. The lowest BCUT2D eigenvalue weighted by Crippen LogP contribution is -2.21. The van der Waals surface area contributed by atoms with Crippen LogP contribution >= 0.6 is 11.3 Å². The summed E-state index contributed by atoms with van der Waals surface area (Å²) >= 11 is 1.78. The lowest BCUT2D eigenvalue weighted by Gasteiger charge is -2.16. The van der Waals surface area contributed by atoms with Crippen LogP contribution in [0.4, 0.5) is 5.13 Å². The van der Waals surface area contributed by atoms with Gasteiger partial charge in [-0.3, -0.25) is 0 Å². The fourth-order valence-corrected chi connectivity index (χ4v) is 3.02. The van der Waals surface area contributed by atoms with Crippen molar-refractivity contribution in [3.8, 4) is 0 Å².